The summed E-state index contributed by atoms with van der Waals surface area (Å²) in [6.45, 7) is 0. The molecule has 1 heterocycles. The van der Waals surface area contributed by atoms with Gasteiger partial charge in [0.2, 0.25) is 0 Å². The zero-order valence-electron chi connectivity index (χ0n) is 6.61. The van der Waals surface area contributed by atoms with Crippen molar-refractivity contribution in [2.75, 3.05) is 14.1 Å². The second-order valence-electron chi connectivity index (χ2n) is 2.38. The highest BCUT2D eigenvalue weighted by molar-refractivity contribution is 5.57. The van der Waals surface area contributed by atoms with Gasteiger partial charge in [-0.15, -0.1) is 0 Å². The summed E-state index contributed by atoms with van der Waals surface area (Å²) in [5, 5.41) is 3.52. The van der Waals surface area contributed by atoms with Crippen molar-refractivity contribution in [1.82, 2.24) is 10.0 Å². The minimum Gasteiger partial charge on any atom is -0.271 e. The molecular weight excluding hydrogens is 140 g/mol. The zero-order valence-corrected chi connectivity index (χ0v) is 6.61. The molecule has 1 rings (SSSR count). The van der Waals surface area contributed by atoms with Crippen LogP contribution in [-0.4, -0.2) is 30.1 Å². The van der Waals surface area contributed by atoms with E-state index in [9.17, 15) is 4.79 Å². The number of hydrogen-bond donors (Lipinski definition) is 0. The summed E-state index contributed by atoms with van der Waals surface area (Å²) in [5.41, 5.74) is 0.525. The molecule has 0 N–H and O–H groups in total. The molecule has 0 saturated heterocycles. The molecule has 0 unspecified atom stereocenters. The third kappa shape index (κ3) is 1.58. The van der Waals surface area contributed by atoms with Crippen LogP contribution in [0.1, 0.15) is 0 Å². The molecule has 3 heteroatoms. The first-order valence-electron chi connectivity index (χ1n) is 3.32. The fourth-order valence-electron chi connectivity index (χ4n) is 0.864. The number of hydrazine groups is 1. The second-order valence-corrected chi connectivity index (χ2v) is 2.38. The number of hydrogen-bond acceptors (Lipinski definition) is 3. The lowest BCUT2D eigenvalue weighted by molar-refractivity contribution is 0.131. The van der Waals surface area contributed by atoms with Crippen molar-refractivity contribution in [3.8, 4) is 0 Å². The second kappa shape index (κ2) is 3.19. The molecule has 0 fully saturated rings. The van der Waals surface area contributed by atoms with Crippen molar-refractivity contribution in [2.24, 2.45) is 0 Å². The van der Waals surface area contributed by atoms with Gasteiger partial charge in [-0.1, -0.05) is 6.08 Å². The van der Waals surface area contributed by atoms with Crippen LogP contribution in [0.5, 0.6) is 0 Å². The number of allylic oxidation sites excluding steroid dienone is 3. The van der Waals surface area contributed by atoms with E-state index < -0.39 is 0 Å². The summed E-state index contributed by atoms with van der Waals surface area (Å²) >= 11 is 0. The smallest absolute Gasteiger partial charge is 0.152 e. The van der Waals surface area contributed by atoms with Crippen molar-refractivity contribution in [3.63, 3.8) is 0 Å². The van der Waals surface area contributed by atoms with Gasteiger partial charge in [0.25, 0.3) is 0 Å². The Morgan fingerprint density at radius 1 is 1.45 bits per heavy atom. The van der Waals surface area contributed by atoms with Gasteiger partial charge in [-0.05, 0) is 12.2 Å². The molecule has 11 heavy (non-hydrogen) atoms. The predicted molar refractivity (Wildman–Crippen MR) is 43.0 cm³/mol. The summed E-state index contributed by atoms with van der Waals surface area (Å²) in [7, 11) is 3.72. The van der Waals surface area contributed by atoms with Crippen molar-refractivity contribution < 1.29 is 4.79 Å². The Bertz CT molecular complexity index is 247. The fraction of sp³-hybridized carbons (Fsp3) is 0.250. The lowest BCUT2D eigenvalue weighted by Crippen LogP contribution is -2.31. The predicted octanol–water partition coefficient (Wildman–Crippen LogP) is 0.564. The summed E-state index contributed by atoms with van der Waals surface area (Å²) in [6, 6.07) is 0. The minimum absolute atomic E-state index is 0.525. The van der Waals surface area contributed by atoms with Gasteiger partial charge in [0, 0.05) is 20.3 Å². The quantitative estimate of drug-likeness (QED) is 0.510. The van der Waals surface area contributed by atoms with Gasteiger partial charge in [-0.25, -0.2) is 9.80 Å². The van der Waals surface area contributed by atoms with E-state index >= 15 is 0 Å². The Kier molecular flexibility index (Phi) is 2.26. The van der Waals surface area contributed by atoms with Gasteiger partial charge in [-0.2, -0.15) is 0 Å². The summed E-state index contributed by atoms with van der Waals surface area (Å²) in [6.07, 6.45) is 7.19. The average Bonchev–Trinajstić information content (AvgIpc) is 2.04. The lowest BCUT2D eigenvalue weighted by Gasteiger charge is -2.27. The number of carbonyl (C=O) groups excluding carboxylic acids is 1. The molecule has 1 aliphatic rings. The van der Waals surface area contributed by atoms with Crippen molar-refractivity contribution in [2.45, 2.75) is 0 Å². The van der Waals surface area contributed by atoms with Crippen LogP contribution in [0.25, 0.3) is 0 Å². The fourth-order valence-corrected chi connectivity index (χ4v) is 0.864. The molecule has 0 radical (unpaired) electrons. The summed E-state index contributed by atoms with van der Waals surface area (Å²) in [5.74, 6) is 1.85. The molecule has 58 valence electrons. The third-order valence-corrected chi connectivity index (χ3v) is 1.37. The molecule has 0 aromatic carbocycles. The SMILES string of the molecule is CN(C)N1C=CC=CC1=C=O. The van der Waals surface area contributed by atoms with Crippen molar-refractivity contribution >= 4 is 5.94 Å². The molecule has 3 nitrogen and oxygen atoms in total. The lowest BCUT2D eigenvalue weighted by atomic mass is 10.3. The van der Waals surface area contributed by atoms with Crippen LogP contribution < -0.4 is 0 Å². The van der Waals surface area contributed by atoms with Crippen LogP contribution >= 0.6 is 0 Å². The molecule has 1 aliphatic heterocycles. The summed E-state index contributed by atoms with van der Waals surface area (Å²) < 4.78 is 0. The standard InChI is InChI=1S/C8H10N2O/c1-9(2)10-6-4-3-5-8(10)7-11/h3-6H,1-2H3. The number of nitrogens with zero attached hydrogens (tertiary/aromatic N) is 2. The first-order valence-corrected chi connectivity index (χ1v) is 3.32. The van der Waals surface area contributed by atoms with E-state index in [-0.39, 0.29) is 0 Å². The zero-order chi connectivity index (χ0) is 8.27. The molecular formula is C8H10N2O. The van der Waals surface area contributed by atoms with Gasteiger partial charge < -0.3 is 0 Å². The molecule has 0 atom stereocenters. The molecule has 0 bridgehead atoms. The van der Waals surface area contributed by atoms with E-state index in [1.165, 1.54) is 0 Å². The first-order chi connectivity index (χ1) is 5.25. The maximum absolute atomic E-state index is 10.4. The Morgan fingerprint density at radius 2 is 2.18 bits per heavy atom. The maximum Gasteiger partial charge on any atom is 0.152 e. The largest absolute Gasteiger partial charge is 0.271 e. The molecule has 0 aromatic rings. The highest BCUT2D eigenvalue weighted by atomic mass is 16.1. The first kappa shape index (κ1) is 7.79. The normalized spacial score (nSPS) is 15.9. The molecule has 0 aliphatic carbocycles. The molecule has 0 aromatic heterocycles. The maximum atomic E-state index is 10.4. The van der Waals surface area contributed by atoms with Gasteiger partial charge in [0.15, 0.2) is 5.94 Å². The third-order valence-electron chi connectivity index (χ3n) is 1.37. The van der Waals surface area contributed by atoms with Crippen LogP contribution in [0.3, 0.4) is 0 Å². The summed E-state index contributed by atoms with van der Waals surface area (Å²) in [4.78, 5) is 10.4. The Hall–Kier alpha value is -1.31. The van der Waals surface area contributed by atoms with E-state index in [1.807, 2.05) is 26.1 Å². The van der Waals surface area contributed by atoms with Crippen LogP contribution in [0.15, 0.2) is 30.1 Å². The number of rotatable bonds is 1. The Morgan fingerprint density at radius 3 is 2.64 bits per heavy atom. The van der Waals surface area contributed by atoms with E-state index in [0.717, 1.165) is 0 Å². The van der Waals surface area contributed by atoms with E-state index in [1.54, 1.807) is 28.4 Å². The van der Waals surface area contributed by atoms with Crippen LogP contribution in [0.2, 0.25) is 0 Å². The van der Waals surface area contributed by atoms with Gasteiger partial charge >= 0.3 is 0 Å². The molecule has 0 amide bonds. The Labute approximate surface area is 65.9 Å². The minimum atomic E-state index is 0.525. The van der Waals surface area contributed by atoms with Gasteiger partial charge in [-0.3, -0.25) is 5.01 Å². The van der Waals surface area contributed by atoms with Crippen LogP contribution in [0, 0.1) is 0 Å². The van der Waals surface area contributed by atoms with Crippen LogP contribution in [-0.2, 0) is 4.79 Å². The van der Waals surface area contributed by atoms with E-state index in [4.69, 9.17) is 0 Å². The van der Waals surface area contributed by atoms with E-state index in [0.29, 0.717) is 5.70 Å². The average molecular weight is 150 g/mol. The molecule has 0 spiro atoms. The highest BCUT2D eigenvalue weighted by Gasteiger charge is 2.08. The van der Waals surface area contributed by atoms with Crippen LogP contribution in [0.4, 0.5) is 0 Å². The van der Waals surface area contributed by atoms with Crippen molar-refractivity contribution in [1.29, 1.82) is 0 Å². The monoisotopic (exact) mass is 150 g/mol. The Balaban J connectivity index is 2.88. The van der Waals surface area contributed by atoms with Crippen molar-refractivity contribution in [3.05, 3.63) is 30.1 Å². The highest BCUT2D eigenvalue weighted by Crippen LogP contribution is 2.09. The van der Waals surface area contributed by atoms with Gasteiger partial charge in [0.05, 0.1) is 0 Å². The molecule has 0 saturated carbocycles. The van der Waals surface area contributed by atoms with Gasteiger partial charge in [0.1, 0.15) is 5.70 Å². The van der Waals surface area contributed by atoms with E-state index in [2.05, 4.69) is 0 Å². The topological polar surface area (TPSA) is 23.6 Å².